The first kappa shape index (κ1) is 31.2. The summed E-state index contributed by atoms with van der Waals surface area (Å²) >= 11 is 0. The summed E-state index contributed by atoms with van der Waals surface area (Å²) in [6.45, 7) is 17.0. The third-order valence-electron chi connectivity index (χ3n) is 12.0. The molecule has 0 saturated carbocycles. The van der Waals surface area contributed by atoms with Crippen LogP contribution in [0.2, 0.25) is 0 Å². The molecule has 0 bridgehead atoms. The van der Waals surface area contributed by atoms with Crippen molar-refractivity contribution in [3.63, 3.8) is 0 Å². The summed E-state index contributed by atoms with van der Waals surface area (Å²) in [7, 11) is 0. The molecule has 2 nitrogen and oxygen atoms in total. The molecule has 0 spiro atoms. The zero-order chi connectivity index (χ0) is 35.7. The third-order valence-corrected chi connectivity index (χ3v) is 12.0. The van der Waals surface area contributed by atoms with E-state index in [2.05, 4.69) is 187 Å². The van der Waals surface area contributed by atoms with Gasteiger partial charge in [0.15, 0.2) is 0 Å². The van der Waals surface area contributed by atoms with Crippen LogP contribution in [-0.4, -0.2) is 0 Å². The first-order valence-electron chi connectivity index (χ1n) is 18.6. The third kappa shape index (κ3) is 4.12. The van der Waals surface area contributed by atoms with Gasteiger partial charge < -0.3 is 9.32 Å². The first-order chi connectivity index (χ1) is 25.0. The Morgan fingerprint density at radius 3 is 1.67 bits per heavy atom. The lowest BCUT2D eigenvalue weighted by Crippen LogP contribution is -2.27. The molecule has 2 heteroatoms. The van der Waals surface area contributed by atoms with Gasteiger partial charge in [-0.05, 0) is 103 Å². The topological polar surface area (TPSA) is 16.4 Å². The van der Waals surface area contributed by atoms with Crippen LogP contribution in [0.3, 0.4) is 0 Å². The number of fused-ring (bicyclic) bond motifs is 10. The second-order valence-corrected chi connectivity index (χ2v) is 17.0. The number of furan rings is 1. The second kappa shape index (κ2) is 10.5. The Balaban J connectivity index is 1.42. The smallest absolute Gasteiger partial charge is 0.135 e. The molecule has 0 unspecified atom stereocenters. The molecular formula is C50H43NO. The number of nitrogens with zero attached hydrogens (tertiary/aromatic N) is 1. The van der Waals surface area contributed by atoms with E-state index >= 15 is 0 Å². The summed E-state index contributed by atoms with van der Waals surface area (Å²) in [5, 5.41) is 4.73. The summed E-state index contributed by atoms with van der Waals surface area (Å²) in [6.07, 6.45) is 0. The molecule has 0 fully saturated rings. The van der Waals surface area contributed by atoms with E-state index in [-0.39, 0.29) is 16.2 Å². The van der Waals surface area contributed by atoms with Gasteiger partial charge in [-0.15, -0.1) is 0 Å². The fourth-order valence-electron chi connectivity index (χ4n) is 9.80. The van der Waals surface area contributed by atoms with Crippen LogP contribution in [0.15, 0.2) is 138 Å². The fourth-order valence-corrected chi connectivity index (χ4v) is 9.80. The summed E-state index contributed by atoms with van der Waals surface area (Å²) in [6, 6.07) is 49.2. The van der Waals surface area contributed by atoms with Gasteiger partial charge >= 0.3 is 0 Å². The van der Waals surface area contributed by atoms with E-state index in [0.29, 0.717) is 0 Å². The Morgan fingerprint density at radius 2 is 1.02 bits per heavy atom. The minimum absolute atomic E-state index is 0.115. The average Bonchev–Trinajstić information content (AvgIpc) is 3.71. The molecular weight excluding hydrogens is 631 g/mol. The molecule has 0 amide bonds. The molecule has 254 valence electrons. The predicted molar refractivity (Wildman–Crippen MR) is 220 cm³/mol. The average molecular weight is 674 g/mol. The van der Waals surface area contributed by atoms with Gasteiger partial charge in [0.2, 0.25) is 0 Å². The second-order valence-electron chi connectivity index (χ2n) is 17.0. The van der Waals surface area contributed by atoms with Crippen LogP contribution in [0.4, 0.5) is 17.1 Å². The molecule has 2 aliphatic carbocycles. The Labute approximate surface area is 306 Å². The van der Waals surface area contributed by atoms with Gasteiger partial charge in [0.1, 0.15) is 11.2 Å². The van der Waals surface area contributed by atoms with E-state index in [1.54, 1.807) is 0 Å². The fraction of sp³-hybridized carbons (Fsp3) is 0.200. The molecule has 0 aliphatic heterocycles. The van der Waals surface area contributed by atoms with Crippen LogP contribution >= 0.6 is 0 Å². The molecule has 2 aliphatic rings. The van der Waals surface area contributed by atoms with Gasteiger partial charge in [-0.2, -0.15) is 0 Å². The van der Waals surface area contributed by atoms with Gasteiger partial charge in [-0.3, -0.25) is 0 Å². The highest BCUT2D eigenvalue weighted by molar-refractivity contribution is 6.08. The van der Waals surface area contributed by atoms with Crippen LogP contribution in [0.5, 0.6) is 0 Å². The summed E-state index contributed by atoms with van der Waals surface area (Å²) in [5.41, 5.74) is 17.3. The van der Waals surface area contributed by atoms with Crippen LogP contribution in [0.1, 0.15) is 76.3 Å². The number of rotatable bonds is 3. The van der Waals surface area contributed by atoms with Crippen LogP contribution in [0.25, 0.3) is 55.0 Å². The molecule has 0 saturated heterocycles. The largest absolute Gasteiger partial charge is 0.456 e. The van der Waals surface area contributed by atoms with Crippen molar-refractivity contribution in [2.24, 2.45) is 0 Å². The molecule has 10 rings (SSSR count). The van der Waals surface area contributed by atoms with Crippen molar-refractivity contribution >= 4 is 49.8 Å². The highest BCUT2D eigenvalue weighted by atomic mass is 16.3. The molecule has 52 heavy (non-hydrogen) atoms. The van der Waals surface area contributed by atoms with Crippen molar-refractivity contribution in [2.45, 2.75) is 64.7 Å². The van der Waals surface area contributed by atoms with Crippen molar-refractivity contribution in [3.8, 4) is 22.3 Å². The maximum atomic E-state index is 6.39. The lowest BCUT2D eigenvalue weighted by atomic mass is 9.70. The van der Waals surface area contributed by atoms with Crippen LogP contribution in [-0.2, 0) is 16.2 Å². The van der Waals surface area contributed by atoms with Crippen molar-refractivity contribution in [3.05, 3.63) is 161 Å². The standard InChI is InChI=1S/C50H43NO/c1-48(2,3)44-42-35-19-10-13-21-38(35)49(4,5)45(42)47(46-43(44)36-20-11-14-22-39(36)50(46,6)7)51(32-25-24-30-16-8-9-17-31(30)28-32)33-26-27-41-37(29-33)34-18-12-15-23-40(34)52-41/h8-29H,1-7H3. The quantitative estimate of drug-likeness (QED) is 0.186. The Morgan fingerprint density at radius 1 is 0.500 bits per heavy atom. The van der Waals surface area contributed by atoms with Crippen LogP contribution in [0, 0.1) is 0 Å². The molecule has 1 aromatic heterocycles. The van der Waals surface area contributed by atoms with Crippen molar-refractivity contribution < 1.29 is 4.42 Å². The maximum Gasteiger partial charge on any atom is 0.135 e. The van der Waals surface area contributed by atoms with Gasteiger partial charge in [-0.1, -0.05) is 146 Å². The number of anilines is 3. The van der Waals surface area contributed by atoms with E-state index in [1.165, 1.54) is 66.5 Å². The van der Waals surface area contributed by atoms with Crippen LogP contribution < -0.4 is 4.90 Å². The van der Waals surface area contributed by atoms with E-state index in [0.717, 1.165) is 33.3 Å². The maximum absolute atomic E-state index is 6.39. The minimum atomic E-state index is -0.261. The van der Waals surface area contributed by atoms with Crippen molar-refractivity contribution in [2.75, 3.05) is 4.90 Å². The molecule has 0 radical (unpaired) electrons. The zero-order valence-corrected chi connectivity index (χ0v) is 31.1. The Bertz CT molecular complexity index is 2700. The normalized spacial score (nSPS) is 15.1. The Kier molecular flexibility index (Phi) is 6.28. The minimum Gasteiger partial charge on any atom is -0.456 e. The van der Waals surface area contributed by atoms with E-state index in [4.69, 9.17) is 4.42 Å². The van der Waals surface area contributed by atoms with Gasteiger partial charge in [0.25, 0.3) is 0 Å². The first-order valence-corrected chi connectivity index (χ1v) is 18.6. The molecule has 7 aromatic carbocycles. The molecule has 0 atom stereocenters. The summed E-state index contributed by atoms with van der Waals surface area (Å²) < 4.78 is 6.39. The highest BCUT2D eigenvalue weighted by Crippen LogP contribution is 2.65. The number of hydrogen-bond donors (Lipinski definition) is 0. The molecule has 0 N–H and O–H groups in total. The van der Waals surface area contributed by atoms with E-state index < -0.39 is 0 Å². The molecule has 1 heterocycles. The predicted octanol–water partition coefficient (Wildman–Crippen LogP) is 14.1. The number of benzene rings is 7. The Hall–Kier alpha value is -5.60. The zero-order valence-electron chi connectivity index (χ0n) is 31.1. The monoisotopic (exact) mass is 673 g/mol. The summed E-state index contributed by atoms with van der Waals surface area (Å²) in [4.78, 5) is 2.60. The van der Waals surface area contributed by atoms with E-state index in [9.17, 15) is 0 Å². The van der Waals surface area contributed by atoms with E-state index in [1.807, 2.05) is 0 Å². The van der Waals surface area contributed by atoms with Gasteiger partial charge in [0.05, 0.1) is 5.69 Å². The number of para-hydroxylation sites is 1. The van der Waals surface area contributed by atoms with Crippen molar-refractivity contribution in [1.82, 2.24) is 0 Å². The van der Waals surface area contributed by atoms with Gasteiger partial charge in [-0.25, -0.2) is 0 Å². The lowest BCUT2D eigenvalue weighted by molar-refractivity contribution is 0.587. The van der Waals surface area contributed by atoms with Gasteiger partial charge in [0, 0.05) is 33.0 Å². The lowest BCUT2D eigenvalue weighted by Gasteiger charge is -2.39. The number of hydrogen-bond acceptors (Lipinski definition) is 2. The van der Waals surface area contributed by atoms with Crippen molar-refractivity contribution in [1.29, 1.82) is 0 Å². The summed E-state index contributed by atoms with van der Waals surface area (Å²) in [5.74, 6) is 0. The molecule has 8 aromatic rings. The highest BCUT2D eigenvalue weighted by Gasteiger charge is 2.50. The SMILES string of the molecule is CC(C)(C)c1c2c(c(N(c3ccc4ccccc4c3)c3ccc4oc5ccccc5c4c3)c3c1-c1ccccc1C3(C)C)C(C)(C)c1ccccc1-2.